The van der Waals surface area contributed by atoms with Crippen LogP contribution in [0.2, 0.25) is 0 Å². The molecule has 0 saturated carbocycles. The molecule has 18 heavy (non-hydrogen) atoms. The fourth-order valence-corrected chi connectivity index (χ4v) is 2.39. The van der Waals surface area contributed by atoms with Crippen molar-refractivity contribution in [3.05, 3.63) is 24.4 Å². The van der Waals surface area contributed by atoms with Crippen molar-refractivity contribution in [3.63, 3.8) is 0 Å². The summed E-state index contributed by atoms with van der Waals surface area (Å²) in [6, 6.07) is 5.79. The summed E-state index contributed by atoms with van der Waals surface area (Å²) in [6.45, 7) is 2.09. The molecule has 1 aliphatic rings. The molecule has 1 N–H and O–H groups in total. The van der Waals surface area contributed by atoms with Gasteiger partial charge in [0.1, 0.15) is 0 Å². The Balaban J connectivity index is 2.07. The van der Waals surface area contributed by atoms with Gasteiger partial charge < -0.3 is 10.2 Å². The second-order valence-corrected chi connectivity index (χ2v) is 4.43. The molecule has 0 radical (unpaired) electrons. The van der Waals surface area contributed by atoms with Gasteiger partial charge in [0.15, 0.2) is 5.82 Å². The molecular formula is C13H14N4O. The van der Waals surface area contributed by atoms with Gasteiger partial charge in [-0.05, 0) is 31.0 Å². The lowest BCUT2D eigenvalue weighted by Gasteiger charge is -2.17. The van der Waals surface area contributed by atoms with E-state index in [4.69, 9.17) is 0 Å². The molecule has 92 valence electrons. The molecule has 1 aliphatic heterocycles. The van der Waals surface area contributed by atoms with E-state index in [0.29, 0.717) is 6.41 Å². The summed E-state index contributed by atoms with van der Waals surface area (Å²) in [7, 11) is 0. The van der Waals surface area contributed by atoms with E-state index in [9.17, 15) is 4.79 Å². The quantitative estimate of drug-likeness (QED) is 0.834. The number of benzene rings is 1. The van der Waals surface area contributed by atoms with Crippen LogP contribution in [0.25, 0.3) is 10.8 Å². The zero-order chi connectivity index (χ0) is 12.4. The molecule has 1 amide bonds. The highest BCUT2D eigenvalue weighted by atomic mass is 16.1. The highest BCUT2D eigenvalue weighted by Gasteiger charge is 2.16. The Hall–Kier alpha value is -2.17. The molecule has 1 saturated heterocycles. The molecule has 0 unspecified atom stereocenters. The van der Waals surface area contributed by atoms with Crippen molar-refractivity contribution in [2.24, 2.45) is 0 Å². The number of hydrogen-bond donors (Lipinski definition) is 1. The lowest BCUT2D eigenvalue weighted by Crippen LogP contribution is -2.19. The molecule has 0 spiro atoms. The van der Waals surface area contributed by atoms with Crippen LogP contribution < -0.4 is 10.2 Å². The maximum absolute atomic E-state index is 10.4. The minimum Gasteiger partial charge on any atom is -0.355 e. The molecule has 2 aromatic rings. The van der Waals surface area contributed by atoms with Gasteiger partial charge in [0.05, 0.1) is 6.20 Å². The van der Waals surface area contributed by atoms with Gasteiger partial charge in [-0.2, -0.15) is 5.10 Å². The number of hydrogen-bond acceptors (Lipinski definition) is 4. The van der Waals surface area contributed by atoms with E-state index in [0.717, 1.165) is 35.4 Å². The van der Waals surface area contributed by atoms with Gasteiger partial charge in [-0.15, -0.1) is 5.10 Å². The largest absolute Gasteiger partial charge is 0.355 e. The van der Waals surface area contributed by atoms with E-state index < -0.39 is 0 Å². The molecule has 0 aliphatic carbocycles. The zero-order valence-corrected chi connectivity index (χ0v) is 9.97. The number of aromatic nitrogens is 2. The molecule has 5 nitrogen and oxygen atoms in total. The van der Waals surface area contributed by atoms with E-state index in [1.165, 1.54) is 12.8 Å². The Morgan fingerprint density at radius 1 is 1.28 bits per heavy atom. The van der Waals surface area contributed by atoms with Gasteiger partial charge in [0.25, 0.3) is 0 Å². The predicted molar refractivity (Wildman–Crippen MR) is 70.7 cm³/mol. The van der Waals surface area contributed by atoms with Gasteiger partial charge in [0, 0.05) is 29.5 Å². The Kier molecular flexibility index (Phi) is 2.80. The molecule has 3 rings (SSSR count). The first-order chi connectivity index (χ1) is 8.88. The van der Waals surface area contributed by atoms with E-state index >= 15 is 0 Å². The van der Waals surface area contributed by atoms with Crippen molar-refractivity contribution in [2.75, 3.05) is 23.3 Å². The average molecular weight is 242 g/mol. The fraction of sp³-hybridized carbons (Fsp3) is 0.308. The van der Waals surface area contributed by atoms with E-state index in [1.54, 1.807) is 6.20 Å². The molecule has 0 bridgehead atoms. The number of anilines is 2. The van der Waals surface area contributed by atoms with Gasteiger partial charge in [0.2, 0.25) is 6.41 Å². The number of carbonyl (C=O) groups excluding carboxylic acids is 1. The van der Waals surface area contributed by atoms with Crippen LogP contribution in [0.1, 0.15) is 12.8 Å². The number of fused-ring (bicyclic) bond motifs is 1. The van der Waals surface area contributed by atoms with E-state index in [1.807, 2.05) is 18.2 Å². The van der Waals surface area contributed by atoms with Gasteiger partial charge in [-0.1, -0.05) is 0 Å². The second-order valence-electron chi connectivity index (χ2n) is 4.43. The molecule has 2 heterocycles. The minimum atomic E-state index is 0.678. The smallest absolute Gasteiger partial charge is 0.211 e. The third-order valence-electron chi connectivity index (χ3n) is 3.27. The van der Waals surface area contributed by atoms with E-state index in [-0.39, 0.29) is 0 Å². The van der Waals surface area contributed by atoms with Crippen molar-refractivity contribution < 1.29 is 4.79 Å². The van der Waals surface area contributed by atoms with Gasteiger partial charge in [-0.25, -0.2) is 0 Å². The van der Waals surface area contributed by atoms with Crippen molar-refractivity contribution in [2.45, 2.75) is 12.8 Å². The highest BCUT2D eigenvalue weighted by Crippen LogP contribution is 2.27. The first kappa shape index (κ1) is 11.0. The van der Waals surface area contributed by atoms with Crippen molar-refractivity contribution in [1.82, 2.24) is 10.2 Å². The topological polar surface area (TPSA) is 58.1 Å². The number of carbonyl (C=O) groups is 1. The second kappa shape index (κ2) is 4.60. The van der Waals surface area contributed by atoms with Gasteiger partial charge in [-0.3, -0.25) is 4.79 Å². The number of rotatable bonds is 3. The minimum absolute atomic E-state index is 0.678. The lowest BCUT2D eigenvalue weighted by molar-refractivity contribution is -0.105. The Morgan fingerprint density at radius 3 is 2.89 bits per heavy atom. The van der Waals surface area contributed by atoms with Crippen LogP contribution in [0.5, 0.6) is 0 Å². The van der Waals surface area contributed by atoms with Crippen LogP contribution in [-0.2, 0) is 4.79 Å². The highest BCUT2D eigenvalue weighted by molar-refractivity contribution is 5.94. The maximum atomic E-state index is 10.4. The standard InChI is InChI=1S/C13H14N4O/c18-9-14-11-3-4-12-10(7-11)8-15-16-13(12)17-5-1-2-6-17/h3-4,7-9H,1-2,5-6H2,(H,14,18). The van der Waals surface area contributed by atoms with Crippen LogP contribution in [0.15, 0.2) is 24.4 Å². The Labute approximate surface area is 105 Å². The lowest BCUT2D eigenvalue weighted by atomic mass is 10.1. The summed E-state index contributed by atoms with van der Waals surface area (Å²) in [5.74, 6) is 0.947. The summed E-state index contributed by atoms with van der Waals surface area (Å²) in [5.41, 5.74) is 0.776. The summed E-state index contributed by atoms with van der Waals surface area (Å²) < 4.78 is 0. The summed E-state index contributed by atoms with van der Waals surface area (Å²) >= 11 is 0. The van der Waals surface area contributed by atoms with Crippen LogP contribution in [-0.4, -0.2) is 29.7 Å². The zero-order valence-electron chi connectivity index (χ0n) is 9.97. The first-order valence-corrected chi connectivity index (χ1v) is 6.09. The molecule has 1 aromatic carbocycles. The van der Waals surface area contributed by atoms with E-state index in [2.05, 4.69) is 20.4 Å². The van der Waals surface area contributed by atoms with Gasteiger partial charge >= 0.3 is 0 Å². The summed E-state index contributed by atoms with van der Waals surface area (Å²) in [4.78, 5) is 12.7. The molecule has 1 fully saturated rings. The molecular weight excluding hydrogens is 228 g/mol. The molecule has 0 atom stereocenters. The van der Waals surface area contributed by atoms with Crippen LogP contribution in [0.4, 0.5) is 11.5 Å². The third kappa shape index (κ3) is 1.88. The molecule has 1 aromatic heterocycles. The summed E-state index contributed by atoms with van der Waals surface area (Å²) in [6.07, 6.45) is 4.83. The maximum Gasteiger partial charge on any atom is 0.211 e. The normalized spacial score (nSPS) is 15.0. The predicted octanol–water partition coefficient (Wildman–Crippen LogP) is 1.80. The van der Waals surface area contributed by atoms with Crippen molar-refractivity contribution in [3.8, 4) is 0 Å². The SMILES string of the molecule is O=CNc1ccc2c(N3CCCC3)nncc2c1. The third-order valence-corrected chi connectivity index (χ3v) is 3.27. The number of nitrogens with one attached hydrogen (secondary N) is 1. The Morgan fingerprint density at radius 2 is 2.11 bits per heavy atom. The van der Waals surface area contributed by atoms with Crippen molar-refractivity contribution in [1.29, 1.82) is 0 Å². The van der Waals surface area contributed by atoms with Crippen molar-refractivity contribution >= 4 is 28.7 Å². The fourth-order valence-electron chi connectivity index (χ4n) is 2.39. The molecule has 5 heteroatoms. The van der Waals surface area contributed by atoms with Crippen LogP contribution in [0, 0.1) is 0 Å². The van der Waals surface area contributed by atoms with Crippen LogP contribution in [0.3, 0.4) is 0 Å². The monoisotopic (exact) mass is 242 g/mol. The first-order valence-electron chi connectivity index (χ1n) is 6.09. The Bertz CT molecular complexity index is 578. The average Bonchev–Trinajstić information content (AvgIpc) is 2.92. The van der Waals surface area contributed by atoms with Crippen LogP contribution >= 0.6 is 0 Å². The number of amides is 1. The summed E-state index contributed by atoms with van der Waals surface area (Å²) in [5, 5.41) is 13.0. The number of nitrogens with zero attached hydrogens (tertiary/aromatic N) is 3.